The van der Waals surface area contributed by atoms with Gasteiger partial charge in [0.1, 0.15) is 0 Å². The quantitative estimate of drug-likeness (QED) is 0.852. The van der Waals surface area contributed by atoms with Crippen LogP contribution in [0.15, 0.2) is 24.3 Å². The smallest absolute Gasteiger partial charge is 0.00108 e. The first-order valence-electron chi connectivity index (χ1n) is 7.42. The van der Waals surface area contributed by atoms with E-state index in [-0.39, 0.29) is 0 Å². The number of hydrogen-bond acceptors (Lipinski definition) is 1. The fourth-order valence-corrected chi connectivity index (χ4v) is 4.52. The molecule has 0 heterocycles. The van der Waals surface area contributed by atoms with E-state index < -0.39 is 0 Å². The molecular formula is C17H25N. The normalized spacial score (nSPS) is 34.1. The third-order valence-corrected chi connectivity index (χ3v) is 5.31. The first-order chi connectivity index (χ1) is 8.72. The molecule has 1 aromatic carbocycles. The zero-order chi connectivity index (χ0) is 12.6. The highest BCUT2D eigenvalue weighted by atomic mass is 14.8. The molecule has 0 amide bonds. The summed E-state index contributed by atoms with van der Waals surface area (Å²) >= 11 is 0. The van der Waals surface area contributed by atoms with Gasteiger partial charge in [-0.15, -0.1) is 0 Å². The standard InChI is InChI=1S/C17H25N/c1-13-3-5-14(6-4-13)10-17(12-18-2)11-15-7-8-16(17)9-15/h3-6,15-16,18H,7-12H2,1-2H3. The second kappa shape index (κ2) is 4.70. The lowest BCUT2D eigenvalue weighted by molar-refractivity contribution is 0.160. The van der Waals surface area contributed by atoms with E-state index in [1.165, 1.54) is 49.8 Å². The molecule has 0 radical (unpaired) electrons. The molecule has 18 heavy (non-hydrogen) atoms. The minimum Gasteiger partial charge on any atom is -0.319 e. The summed E-state index contributed by atoms with van der Waals surface area (Å²) in [6.45, 7) is 3.37. The van der Waals surface area contributed by atoms with Gasteiger partial charge in [0, 0.05) is 6.54 Å². The summed E-state index contributed by atoms with van der Waals surface area (Å²) < 4.78 is 0. The van der Waals surface area contributed by atoms with E-state index in [1.54, 1.807) is 0 Å². The molecule has 2 saturated carbocycles. The molecule has 1 heteroatoms. The van der Waals surface area contributed by atoms with Gasteiger partial charge in [-0.3, -0.25) is 0 Å². The third kappa shape index (κ3) is 2.09. The van der Waals surface area contributed by atoms with Crippen LogP contribution in [-0.4, -0.2) is 13.6 Å². The van der Waals surface area contributed by atoms with E-state index in [0.717, 1.165) is 11.8 Å². The molecule has 2 aliphatic carbocycles. The number of rotatable bonds is 4. The molecule has 98 valence electrons. The number of hydrogen-bond donors (Lipinski definition) is 1. The Balaban J connectivity index is 1.80. The molecule has 2 bridgehead atoms. The summed E-state index contributed by atoms with van der Waals surface area (Å²) in [5.41, 5.74) is 3.45. The van der Waals surface area contributed by atoms with Crippen molar-refractivity contribution in [3.8, 4) is 0 Å². The van der Waals surface area contributed by atoms with Gasteiger partial charge in [-0.25, -0.2) is 0 Å². The van der Waals surface area contributed by atoms with Crippen LogP contribution in [0.2, 0.25) is 0 Å². The maximum Gasteiger partial charge on any atom is 0.00108 e. The molecule has 0 spiro atoms. The molecule has 1 aromatic rings. The van der Waals surface area contributed by atoms with Crippen LogP contribution in [-0.2, 0) is 6.42 Å². The number of fused-ring (bicyclic) bond motifs is 2. The van der Waals surface area contributed by atoms with Gasteiger partial charge in [0.15, 0.2) is 0 Å². The zero-order valence-corrected chi connectivity index (χ0v) is 11.7. The Morgan fingerprint density at radius 3 is 2.56 bits per heavy atom. The van der Waals surface area contributed by atoms with Gasteiger partial charge in [0.25, 0.3) is 0 Å². The zero-order valence-electron chi connectivity index (χ0n) is 11.7. The summed E-state index contributed by atoms with van der Waals surface area (Å²) in [7, 11) is 2.11. The van der Waals surface area contributed by atoms with Crippen molar-refractivity contribution >= 4 is 0 Å². The molecule has 0 aliphatic heterocycles. The number of nitrogens with one attached hydrogen (secondary N) is 1. The van der Waals surface area contributed by atoms with E-state index in [1.807, 2.05) is 0 Å². The topological polar surface area (TPSA) is 12.0 Å². The lowest BCUT2D eigenvalue weighted by atomic mass is 9.69. The van der Waals surface area contributed by atoms with Crippen molar-refractivity contribution in [1.29, 1.82) is 0 Å². The Morgan fingerprint density at radius 1 is 1.22 bits per heavy atom. The van der Waals surface area contributed by atoms with Crippen LogP contribution in [0, 0.1) is 24.2 Å². The van der Waals surface area contributed by atoms with Gasteiger partial charge in [-0.1, -0.05) is 36.2 Å². The largest absolute Gasteiger partial charge is 0.319 e. The van der Waals surface area contributed by atoms with E-state index >= 15 is 0 Å². The number of benzene rings is 1. The summed E-state index contributed by atoms with van der Waals surface area (Å²) in [5.74, 6) is 1.99. The Kier molecular flexibility index (Phi) is 3.19. The van der Waals surface area contributed by atoms with E-state index in [2.05, 4.69) is 43.6 Å². The molecule has 2 aliphatic rings. The minimum absolute atomic E-state index is 0.549. The second-order valence-electron chi connectivity index (χ2n) is 6.64. The van der Waals surface area contributed by atoms with E-state index in [9.17, 15) is 0 Å². The average molecular weight is 243 g/mol. The van der Waals surface area contributed by atoms with Crippen LogP contribution in [0.25, 0.3) is 0 Å². The second-order valence-corrected chi connectivity index (χ2v) is 6.64. The fraction of sp³-hybridized carbons (Fsp3) is 0.647. The highest BCUT2D eigenvalue weighted by Crippen LogP contribution is 2.57. The van der Waals surface area contributed by atoms with Crippen molar-refractivity contribution in [3.63, 3.8) is 0 Å². The summed E-state index contributed by atoms with van der Waals surface area (Å²) in [5, 5.41) is 3.47. The molecule has 3 rings (SSSR count). The highest BCUT2D eigenvalue weighted by Gasteiger charge is 2.50. The van der Waals surface area contributed by atoms with Crippen LogP contribution in [0.1, 0.15) is 36.8 Å². The first-order valence-corrected chi connectivity index (χ1v) is 7.42. The highest BCUT2D eigenvalue weighted by molar-refractivity contribution is 5.23. The molecule has 0 aromatic heterocycles. The number of aryl methyl sites for hydroxylation is 1. The van der Waals surface area contributed by atoms with Gasteiger partial charge in [-0.2, -0.15) is 0 Å². The van der Waals surface area contributed by atoms with Gasteiger partial charge >= 0.3 is 0 Å². The summed E-state index contributed by atoms with van der Waals surface area (Å²) in [6, 6.07) is 9.18. The van der Waals surface area contributed by atoms with E-state index in [0.29, 0.717) is 5.41 Å². The van der Waals surface area contributed by atoms with Crippen molar-refractivity contribution in [2.24, 2.45) is 17.3 Å². The van der Waals surface area contributed by atoms with Crippen molar-refractivity contribution in [3.05, 3.63) is 35.4 Å². The van der Waals surface area contributed by atoms with Crippen LogP contribution in [0.4, 0.5) is 0 Å². The van der Waals surface area contributed by atoms with Gasteiger partial charge in [0.05, 0.1) is 0 Å². The van der Waals surface area contributed by atoms with Crippen molar-refractivity contribution in [2.45, 2.75) is 39.0 Å². The Morgan fingerprint density at radius 2 is 2.00 bits per heavy atom. The van der Waals surface area contributed by atoms with Crippen molar-refractivity contribution in [2.75, 3.05) is 13.6 Å². The lowest BCUT2D eigenvalue weighted by Crippen LogP contribution is -2.39. The lowest BCUT2D eigenvalue weighted by Gasteiger charge is -2.38. The predicted octanol–water partition coefficient (Wildman–Crippen LogP) is 3.56. The molecule has 2 fully saturated rings. The Labute approximate surface area is 111 Å². The fourth-order valence-electron chi connectivity index (χ4n) is 4.52. The monoisotopic (exact) mass is 243 g/mol. The average Bonchev–Trinajstić information content (AvgIpc) is 2.93. The molecular weight excluding hydrogens is 218 g/mol. The molecule has 1 nitrogen and oxygen atoms in total. The first kappa shape index (κ1) is 12.2. The minimum atomic E-state index is 0.549. The van der Waals surface area contributed by atoms with Crippen molar-refractivity contribution in [1.82, 2.24) is 5.32 Å². The van der Waals surface area contributed by atoms with Crippen LogP contribution in [0.5, 0.6) is 0 Å². The van der Waals surface area contributed by atoms with Crippen LogP contribution in [0.3, 0.4) is 0 Å². The maximum atomic E-state index is 3.47. The molecule has 3 unspecified atom stereocenters. The third-order valence-electron chi connectivity index (χ3n) is 5.31. The van der Waals surface area contributed by atoms with E-state index in [4.69, 9.17) is 0 Å². The SMILES string of the molecule is CNCC1(Cc2ccc(C)cc2)CC2CCC1C2. The Hall–Kier alpha value is -0.820. The van der Waals surface area contributed by atoms with Gasteiger partial charge in [0.2, 0.25) is 0 Å². The molecule has 3 atom stereocenters. The van der Waals surface area contributed by atoms with Gasteiger partial charge in [-0.05, 0) is 62.5 Å². The molecule has 0 saturated heterocycles. The predicted molar refractivity (Wildman–Crippen MR) is 76.7 cm³/mol. The van der Waals surface area contributed by atoms with Crippen LogP contribution < -0.4 is 5.32 Å². The Bertz CT molecular complexity index is 408. The van der Waals surface area contributed by atoms with Crippen LogP contribution >= 0.6 is 0 Å². The maximum absolute atomic E-state index is 3.47. The van der Waals surface area contributed by atoms with Gasteiger partial charge < -0.3 is 5.32 Å². The molecule has 1 N–H and O–H groups in total. The van der Waals surface area contributed by atoms with Crippen molar-refractivity contribution < 1.29 is 0 Å². The summed E-state index contributed by atoms with van der Waals surface area (Å²) in [6.07, 6.45) is 7.18. The summed E-state index contributed by atoms with van der Waals surface area (Å²) in [4.78, 5) is 0.